The third kappa shape index (κ3) is 3.88. The normalized spacial score (nSPS) is 16.8. The predicted molar refractivity (Wildman–Crippen MR) is 136 cm³/mol. The van der Waals surface area contributed by atoms with E-state index in [-0.39, 0.29) is 22.0 Å². The van der Waals surface area contributed by atoms with Gasteiger partial charge in [-0.25, -0.2) is 5.10 Å². The van der Waals surface area contributed by atoms with Crippen LogP contribution in [0, 0.1) is 5.92 Å². The number of aromatic nitrogens is 6. The van der Waals surface area contributed by atoms with Gasteiger partial charge in [-0.05, 0) is 23.3 Å². The molecule has 3 heterocycles. The van der Waals surface area contributed by atoms with Gasteiger partial charge in [-0.2, -0.15) is 15.0 Å². The maximum Gasteiger partial charge on any atom is 0.331 e. The number of hydrogen-bond donors (Lipinski definition) is 2. The third-order valence-electron chi connectivity index (χ3n) is 6.10. The lowest BCUT2D eigenvalue weighted by Crippen LogP contribution is -2.55. The summed E-state index contributed by atoms with van der Waals surface area (Å²) < 4.78 is 5.26. The molecule has 0 aliphatic carbocycles. The Bertz CT molecular complexity index is 1460. The number of benzene rings is 2. The SMILES string of the molecule is CCO[N+]1(Cc2ccc(-c3ccccc3-c3nn[nH]n3)cc2)C(C(C)C)=Nc2c(OC)n[nH]c(=O)c21. The first-order chi connectivity index (χ1) is 17.5. The minimum atomic E-state index is -0.357. The van der Waals surface area contributed by atoms with E-state index < -0.39 is 0 Å². The van der Waals surface area contributed by atoms with Crippen LogP contribution >= 0.6 is 0 Å². The molecule has 1 unspecified atom stereocenters. The maximum absolute atomic E-state index is 13.1. The van der Waals surface area contributed by atoms with Crippen molar-refractivity contribution < 1.29 is 9.57 Å². The Labute approximate surface area is 207 Å². The van der Waals surface area contributed by atoms with Crippen molar-refractivity contribution in [2.24, 2.45) is 10.9 Å². The van der Waals surface area contributed by atoms with E-state index in [4.69, 9.17) is 14.6 Å². The van der Waals surface area contributed by atoms with E-state index in [1.54, 1.807) is 0 Å². The average Bonchev–Trinajstić information content (AvgIpc) is 3.53. The first-order valence-electron chi connectivity index (χ1n) is 11.7. The number of amidine groups is 1. The van der Waals surface area contributed by atoms with Crippen LogP contribution in [0.15, 0.2) is 58.3 Å². The van der Waals surface area contributed by atoms with Crippen molar-refractivity contribution >= 4 is 17.2 Å². The topological polar surface area (TPSA) is 131 Å². The minimum Gasteiger partial charge on any atom is -0.478 e. The Kier molecular flexibility index (Phi) is 6.17. The van der Waals surface area contributed by atoms with Crippen LogP contribution < -0.4 is 14.9 Å². The summed E-state index contributed by atoms with van der Waals surface area (Å²) in [5, 5.41) is 21.0. The van der Waals surface area contributed by atoms with Crippen LogP contribution in [0.1, 0.15) is 26.3 Å². The van der Waals surface area contributed by atoms with E-state index in [1.807, 2.05) is 69.3 Å². The van der Waals surface area contributed by atoms with E-state index in [9.17, 15) is 4.79 Å². The third-order valence-corrected chi connectivity index (χ3v) is 6.10. The summed E-state index contributed by atoms with van der Waals surface area (Å²) in [5.74, 6) is 1.52. The van der Waals surface area contributed by atoms with Crippen LogP contribution in [0.3, 0.4) is 0 Å². The smallest absolute Gasteiger partial charge is 0.331 e. The summed E-state index contributed by atoms with van der Waals surface area (Å²) in [6.07, 6.45) is 0. The molecule has 0 spiro atoms. The highest BCUT2D eigenvalue weighted by Crippen LogP contribution is 2.45. The van der Waals surface area contributed by atoms with Gasteiger partial charge in [-0.15, -0.1) is 15.3 Å². The van der Waals surface area contributed by atoms with Crippen LogP contribution in [0.4, 0.5) is 11.4 Å². The highest BCUT2D eigenvalue weighted by atomic mass is 16.7. The van der Waals surface area contributed by atoms with Crippen LogP contribution in [-0.2, 0) is 11.4 Å². The molecule has 0 bridgehead atoms. The molecular weight excluding hydrogens is 460 g/mol. The molecule has 36 heavy (non-hydrogen) atoms. The number of rotatable bonds is 8. The van der Waals surface area contributed by atoms with Gasteiger partial charge in [0.1, 0.15) is 13.2 Å². The van der Waals surface area contributed by atoms with Gasteiger partial charge < -0.3 is 4.74 Å². The molecule has 11 heteroatoms. The fourth-order valence-electron chi connectivity index (χ4n) is 4.66. The molecular formula is C25H27N8O3+. The Hall–Kier alpha value is -4.22. The number of aliphatic imine (C=N–C) groups is 1. The standard InChI is InChI=1S/C25H26N8O3/c1-5-36-33(21-20(26-23(33)15(2)3)25(35-4)30-29-24(21)34)14-16-10-12-17(13-11-16)18-8-6-7-9-19(18)22-27-31-32-28-22/h6-13,15H,5,14H2,1-4H3,(H-,27,28,29,31,32,34)/p+1. The van der Waals surface area contributed by atoms with Gasteiger partial charge in [0, 0.05) is 11.1 Å². The zero-order valence-electron chi connectivity index (χ0n) is 20.5. The average molecular weight is 488 g/mol. The van der Waals surface area contributed by atoms with Crippen molar-refractivity contribution in [3.8, 4) is 28.4 Å². The fourth-order valence-corrected chi connectivity index (χ4v) is 4.66. The van der Waals surface area contributed by atoms with Gasteiger partial charge >= 0.3 is 5.56 Å². The van der Waals surface area contributed by atoms with E-state index >= 15 is 0 Å². The number of hydroxylamine groups is 2. The van der Waals surface area contributed by atoms with Crippen LogP contribution in [0.25, 0.3) is 22.5 Å². The summed E-state index contributed by atoms with van der Waals surface area (Å²) in [5.41, 5.74) is 4.27. The first-order valence-corrected chi connectivity index (χ1v) is 11.7. The van der Waals surface area contributed by atoms with Gasteiger partial charge in [0.2, 0.25) is 17.3 Å². The van der Waals surface area contributed by atoms with Crippen LogP contribution in [0.5, 0.6) is 5.88 Å². The van der Waals surface area contributed by atoms with Crippen LogP contribution in [0.2, 0.25) is 0 Å². The Morgan fingerprint density at radius 3 is 2.42 bits per heavy atom. The minimum absolute atomic E-state index is 0.00849. The number of quaternary nitrogens is 1. The Morgan fingerprint density at radius 1 is 1.03 bits per heavy atom. The fraction of sp³-hybridized carbons (Fsp3) is 0.280. The molecule has 2 N–H and O–H groups in total. The zero-order valence-corrected chi connectivity index (χ0v) is 20.5. The molecule has 1 atom stereocenters. The highest BCUT2D eigenvalue weighted by Gasteiger charge is 2.51. The molecule has 0 amide bonds. The molecule has 0 fully saturated rings. The molecule has 2 aromatic carbocycles. The number of fused-ring (bicyclic) bond motifs is 1. The summed E-state index contributed by atoms with van der Waals surface area (Å²) in [6, 6.07) is 16.0. The second kappa shape index (κ2) is 9.44. The lowest BCUT2D eigenvalue weighted by atomic mass is 9.98. The first kappa shape index (κ1) is 23.5. The molecule has 1 aliphatic heterocycles. The van der Waals surface area contributed by atoms with Crippen molar-refractivity contribution in [1.29, 1.82) is 0 Å². The van der Waals surface area contributed by atoms with E-state index in [1.165, 1.54) is 7.11 Å². The molecule has 0 saturated heterocycles. The molecule has 184 valence electrons. The van der Waals surface area contributed by atoms with Gasteiger partial charge in [0.25, 0.3) is 11.6 Å². The summed E-state index contributed by atoms with van der Waals surface area (Å²) in [4.78, 5) is 24.2. The van der Waals surface area contributed by atoms with Crippen LogP contribution in [-0.4, -0.2) is 50.4 Å². The number of H-pyrrole nitrogens is 2. The largest absolute Gasteiger partial charge is 0.478 e. The van der Waals surface area contributed by atoms with Crippen molar-refractivity contribution in [2.45, 2.75) is 27.3 Å². The van der Waals surface area contributed by atoms with Crippen molar-refractivity contribution in [3.63, 3.8) is 0 Å². The molecule has 4 aromatic rings. The number of nitrogens with one attached hydrogen (secondary N) is 2. The van der Waals surface area contributed by atoms with E-state index in [2.05, 4.69) is 30.8 Å². The lowest BCUT2D eigenvalue weighted by Gasteiger charge is -2.32. The van der Waals surface area contributed by atoms with Gasteiger partial charge in [-0.3, -0.25) is 4.79 Å². The van der Waals surface area contributed by atoms with Crippen molar-refractivity contribution in [2.75, 3.05) is 13.7 Å². The molecule has 0 saturated carbocycles. The van der Waals surface area contributed by atoms with Crippen molar-refractivity contribution in [3.05, 3.63) is 64.4 Å². The number of ether oxygens (including phenoxy) is 1. The number of tetrazole rings is 1. The Balaban J connectivity index is 1.57. The second-order valence-electron chi connectivity index (χ2n) is 8.68. The van der Waals surface area contributed by atoms with Gasteiger partial charge in [0.15, 0.2) is 0 Å². The zero-order chi connectivity index (χ0) is 25.3. The van der Waals surface area contributed by atoms with Gasteiger partial charge in [0.05, 0.1) is 13.0 Å². The van der Waals surface area contributed by atoms with Crippen molar-refractivity contribution in [1.82, 2.24) is 35.5 Å². The molecule has 5 rings (SSSR count). The highest BCUT2D eigenvalue weighted by molar-refractivity contribution is 6.02. The molecule has 0 radical (unpaired) electrons. The molecule has 1 aliphatic rings. The summed E-state index contributed by atoms with van der Waals surface area (Å²) in [6.45, 7) is 6.72. The molecule has 11 nitrogen and oxygen atoms in total. The maximum atomic E-state index is 13.1. The quantitative estimate of drug-likeness (QED) is 0.362. The number of methoxy groups -OCH3 is 1. The monoisotopic (exact) mass is 487 g/mol. The second-order valence-corrected chi connectivity index (χ2v) is 8.68. The summed E-state index contributed by atoms with van der Waals surface area (Å²) >= 11 is 0. The van der Waals surface area contributed by atoms with E-state index in [0.717, 1.165) is 28.1 Å². The van der Waals surface area contributed by atoms with Gasteiger partial charge in [-0.1, -0.05) is 67.0 Å². The Morgan fingerprint density at radius 2 is 1.78 bits per heavy atom. The predicted octanol–water partition coefficient (Wildman–Crippen LogP) is 3.78. The summed E-state index contributed by atoms with van der Waals surface area (Å²) in [7, 11) is 1.50. The number of hydrogen-bond acceptors (Lipinski definition) is 8. The number of nitrogens with zero attached hydrogens (tertiary/aromatic N) is 6. The number of aromatic amines is 2. The lowest BCUT2D eigenvalue weighted by molar-refractivity contribution is -0.0928. The molecule has 2 aromatic heterocycles. The van der Waals surface area contributed by atoms with E-state index in [0.29, 0.717) is 30.4 Å².